The Morgan fingerprint density at radius 1 is 1.23 bits per heavy atom. The van der Waals surface area contributed by atoms with E-state index in [9.17, 15) is 9.18 Å². The van der Waals surface area contributed by atoms with Crippen LogP contribution in [0.3, 0.4) is 0 Å². The molecule has 1 saturated carbocycles. The first-order valence-electron chi connectivity index (χ1n) is 9.50. The molecule has 158 valence electrons. The Bertz CT molecular complexity index is 1350. The third kappa shape index (κ3) is 3.32. The Balaban J connectivity index is 1.74. The fraction of sp³-hybridized carbons (Fsp3) is 0.211. The molecular weight excluding hydrogens is 425 g/mol. The number of halogens is 2. The van der Waals surface area contributed by atoms with E-state index < -0.39 is 17.4 Å². The lowest BCUT2D eigenvalue weighted by atomic mass is 10.1. The Hall–Kier alpha value is -3.73. The third-order valence-corrected chi connectivity index (χ3v) is 5.52. The van der Waals surface area contributed by atoms with E-state index in [1.165, 1.54) is 16.7 Å². The maximum atomic E-state index is 14.5. The number of nitrogen functional groups attached to an aromatic ring is 2. The zero-order valence-corrected chi connectivity index (χ0v) is 16.8. The van der Waals surface area contributed by atoms with Crippen molar-refractivity contribution in [1.29, 1.82) is 0 Å². The lowest BCUT2D eigenvalue weighted by Crippen LogP contribution is -2.30. The molecule has 0 saturated heterocycles. The van der Waals surface area contributed by atoms with Crippen LogP contribution in [0.2, 0.25) is 5.02 Å². The Labute approximate surface area is 179 Å². The fourth-order valence-electron chi connectivity index (χ4n) is 3.56. The van der Waals surface area contributed by atoms with E-state index >= 15 is 0 Å². The molecule has 1 aliphatic carbocycles. The number of hydrogen-bond acceptors (Lipinski definition) is 8. The highest BCUT2D eigenvalue weighted by Gasteiger charge is 2.37. The van der Waals surface area contributed by atoms with Crippen molar-refractivity contribution in [3.05, 3.63) is 57.5 Å². The smallest absolute Gasteiger partial charge is 0.270 e. The Morgan fingerprint density at radius 3 is 2.74 bits per heavy atom. The van der Waals surface area contributed by atoms with Crippen molar-refractivity contribution < 1.29 is 4.39 Å². The van der Waals surface area contributed by atoms with Gasteiger partial charge >= 0.3 is 0 Å². The third-order valence-electron chi connectivity index (χ3n) is 5.15. The second-order valence-electron chi connectivity index (χ2n) is 7.27. The predicted octanol–water partition coefficient (Wildman–Crippen LogP) is 2.42. The van der Waals surface area contributed by atoms with Crippen molar-refractivity contribution >= 4 is 40.1 Å². The number of nitrogens with one attached hydrogen (secondary N) is 2. The molecule has 0 amide bonds. The van der Waals surface area contributed by atoms with Crippen LogP contribution in [0.1, 0.15) is 24.7 Å². The molecule has 10 nitrogen and oxygen atoms in total. The average Bonchev–Trinajstić information content (AvgIpc) is 3.43. The monoisotopic (exact) mass is 441 g/mol. The van der Waals surface area contributed by atoms with Gasteiger partial charge in [0.25, 0.3) is 5.56 Å². The second kappa shape index (κ2) is 7.20. The molecule has 5 rings (SSSR count). The molecule has 12 heteroatoms. The standard InChI is InChI=1S/C19H17ClFN9O/c20-13-15(22)27-19(23)28-16(13)26-14(8-4-5-8)17-25-10-3-1-2-9(21)12(10)18(31)30(17)11-6-7-24-29-11/h1-3,6-8,14H,4-5H2,(H,24,29)(H5,22,23,26,27,28). The summed E-state index contributed by atoms with van der Waals surface area (Å²) in [6, 6.07) is 5.45. The molecule has 3 heterocycles. The van der Waals surface area contributed by atoms with Gasteiger partial charge in [0, 0.05) is 12.3 Å². The van der Waals surface area contributed by atoms with Gasteiger partial charge in [-0.25, -0.2) is 13.9 Å². The number of fused-ring (bicyclic) bond motifs is 1. The topological polar surface area (TPSA) is 153 Å². The Morgan fingerprint density at radius 2 is 2.03 bits per heavy atom. The minimum Gasteiger partial charge on any atom is -0.382 e. The van der Waals surface area contributed by atoms with Crippen molar-refractivity contribution in [3.63, 3.8) is 0 Å². The van der Waals surface area contributed by atoms with Crippen LogP contribution in [0.15, 0.2) is 35.3 Å². The first-order valence-corrected chi connectivity index (χ1v) is 9.88. The van der Waals surface area contributed by atoms with Crippen molar-refractivity contribution in [1.82, 2.24) is 29.7 Å². The zero-order valence-electron chi connectivity index (χ0n) is 16.0. The summed E-state index contributed by atoms with van der Waals surface area (Å²) in [4.78, 5) is 26.0. The van der Waals surface area contributed by atoms with Gasteiger partial charge in [0.1, 0.15) is 27.9 Å². The number of rotatable bonds is 5. The van der Waals surface area contributed by atoms with Crippen LogP contribution < -0.4 is 22.3 Å². The summed E-state index contributed by atoms with van der Waals surface area (Å²) in [6.45, 7) is 0. The number of hydrogen-bond donors (Lipinski definition) is 4. The first kappa shape index (κ1) is 19.2. The number of nitrogens with zero attached hydrogens (tertiary/aromatic N) is 5. The van der Waals surface area contributed by atoms with E-state index in [0.29, 0.717) is 5.82 Å². The molecule has 0 bridgehead atoms. The van der Waals surface area contributed by atoms with Crippen LogP contribution in [-0.4, -0.2) is 29.7 Å². The molecule has 0 spiro atoms. The molecule has 1 unspecified atom stereocenters. The molecular formula is C19H17ClFN9O. The van der Waals surface area contributed by atoms with Crippen LogP contribution >= 0.6 is 11.6 Å². The maximum Gasteiger partial charge on any atom is 0.270 e. The highest BCUT2D eigenvalue weighted by Crippen LogP contribution is 2.43. The van der Waals surface area contributed by atoms with Gasteiger partial charge in [-0.1, -0.05) is 17.7 Å². The molecule has 0 radical (unpaired) electrons. The fourth-order valence-corrected chi connectivity index (χ4v) is 3.70. The van der Waals surface area contributed by atoms with E-state index in [4.69, 9.17) is 23.1 Å². The van der Waals surface area contributed by atoms with Gasteiger partial charge in [0.2, 0.25) is 5.95 Å². The van der Waals surface area contributed by atoms with Gasteiger partial charge in [0.15, 0.2) is 11.6 Å². The highest BCUT2D eigenvalue weighted by molar-refractivity contribution is 6.35. The largest absolute Gasteiger partial charge is 0.382 e. The lowest BCUT2D eigenvalue weighted by Gasteiger charge is -2.23. The summed E-state index contributed by atoms with van der Waals surface area (Å²) in [5, 5.41) is 10.0. The average molecular weight is 442 g/mol. The van der Waals surface area contributed by atoms with E-state index in [1.54, 1.807) is 18.3 Å². The van der Waals surface area contributed by atoms with Gasteiger partial charge < -0.3 is 16.8 Å². The molecule has 1 atom stereocenters. The minimum atomic E-state index is -0.652. The normalized spacial score (nSPS) is 14.6. The van der Waals surface area contributed by atoms with E-state index in [1.807, 2.05) is 0 Å². The molecule has 1 aromatic carbocycles. The molecule has 6 N–H and O–H groups in total. The lowest BCUT2D eigenvalue weighted by molar-refractivity contribution is 0.600. The van der Waals surface area contributed by atoms with Gasteiger partial charge in [-0.05, 0) is 30.9 Å². The van der Waals surface area contributed by atoms with Crippen molar-refractivity contribution in [2.75, 3.05) is 16.8 Å². The summed E-state index contributed by atoms with van der Waals surface area (Å²) in [6.07, 6.45) is 3.35. The number of benzene rings is 1. The summed E-state index contributed by atoms with van der Waals surface area (Å²) < 4.78 is 15.8. The molecule has 0 aliphatic heterocycles. The van der Waals surface area contributed by atoms with E-state index in [2.05, 4.69) is 30.5 Å². The predicted molar refractivity (Wildman–Crippen MR) is 114 cm³/mol. The van der Waals surface area contributed by atoms with Crippen LogP contribution in [0, 0.1) is 11.7 Å². The maximum absolute atomic E-state index is 14.5. The van der Waals surface area contributed by atoms with E-state index in [-0.39, 0.29) is 45.2 Å². The Kier molecular flexibility index (Phi) is 4.47. The number of aromatic amines is 1. The molecule has 1 fully saturated rings. The number of anilines is 3. The number of H-pyrrole nitrogens is 1. The number of nitrogens with two attached hydrogens (primary N) is 2. The van der Waals surface area contributed by atoms with Crippen molar-refractivity contribution in [2.45, 2.75) is 18.9 Å². The summed E-state index contributed by atoms with van der Waals surface area (Å²) in [5.41, 5.74) is 11.2. The highest BCUT2D eigenvalue weighted by atomic mass is 35.5. The molecule has 4 aromatic rings. The van der Waals surface area contributed by atoms with Gasteiger partial charge in [-0.2, -0.15) is 15.1 Å². The summed E-state index contributed by atoms with van der Waals surface area (Å²) in [7, 11) is 0. The van der Waals surface area contributed by atoms with Crippen LogP contribution in [0.25, 0.3) is 16.7 Å². The first-order chi connectivity index (χ1) is 14.9. The van der Waals surface area contributed by atoms with Crippen molar-refractivity contribution in [2.24, 2.45) is 5.92 Å². The minimum absolute atomic E-state index is 0.0319. The van der Waals surface area contributed by atoms with Crippen LogP contribution in [0.5, 0.6) is 0 Å². The SMILES string of the molecule is Nc1nc(N)c(Cl)c(NC(c2nc3cccc(F)c3c(=O)n2-c2cc[nH]n2)C2CC2)n1. The molecule has 3 aromatic heterocycles. The van der Waals surface area contributed by atoms with Gasteiger partial charge in [-0.15, -0.1) is 0 Å². The quantitative estimate of drug-likeness (QED) is 0.368. The molecule has 31 heavy (non-hydrogen) atoms. The van der Waals surface area contributed by atoms with Crippen LogP contribution in [0.4, 0.5) is 22.0 Å². The van der Waals surface area contributed by atoms with Crippen LogP contribution in [-0.2, 0) is 0 Å². The second-order valence-corrected chi connectivity index (χ2v) is 7.64. The van der Waals surface area contributed by atoms with Crippen molar-refractivity contribution in [3.8, 4) is 5.82 Å². The number of aromatic nitrogens is 6. The van der Waals surface area contributed by atoms with Gasteiger partial charge in [-0.3, -0.25) is 9.89 Å². The van der Waals surface area contributed by atoms with E-state index in [0.717, 1.165) is 12.8 Å². The zero-order chi connectivity index (χ0) is 21.7. The summed E-state index contributed by atoms with van der Waals surface area (Å²) in [5.74, 6) is 0.340. The molecule has 1 aliphatic rings. The summed E-state index contributed by atoms with van der Waals surface area (Å²) >= 11 is 6.28. The van der Waals surface area contributed by atoms with Gasteiger partial charge in [0.05, 0.1) is 11.6 Å².